The minimum Gasteiger partial charge on any atom is -0.496 e. The maximum atomic E-state index is 10.8. The number of carboxylic acid groups (broad SMARTS) is 1. The molecule has 0 saturated heterocycles. The van der Waals surface area contributed by atoms with E-state index < -0.39 is 6.09 Å². The van der Waals surface area contributed by atoms with Crippen molar-refractivity contribution in [1.82, 2.24) is 0 Å². The molecular weight excluding hydrogens is 282 g/mol. The number of carbonyl (C=O) groups is 2. The van der Waals surface area contributed by atoms with Crippen molar-refractivity contribution in [2.24, 2.45) is 0 Å². The lowest BCUT2D eigenvalue weighted by Crippen LogP contribution is -2.06. The van der Waals surface area contributed by atoms with Crippen molar-refractivity contribution in [1.29, 1.82) is 0 Å². The first-order chi connectivity index (χ1) is 10.6. The lowest BCUT2D eigenvalue weighted by Gasteiger charge is -2.05. The molecule has 0 radical (unpaired) electrons. The summed E-state index contributed by atoms with van der Waals surface area (Å²) in [5.74, 6) is 0.616. The second kappa shape index (κ2) is 7.08. The molecule has 0 spiro atoms. The van der Waals surface area contributed by atoms with Crippen molar-refractivity contribution in [3.63, 3.8) is 0 Å². The smallest absolute Gasteiger partial charge is 0.409 e. The highest BCUT2D eigenvalue weighted by molar-refractivity contribution is 5.83. The zero-order chi connectivity index (χ0) is 15.9. The van der Waals surface area contributed by atoms with Gasteiger partial charge in [-0.05, 0) is 23.8 Å². The van der Waals surface area contributed by atoms with E-state index in [1.165, 1.54) is 0 Å². The number of aldehydes is 1. The van der Waals surface area contributed by atoms with Crippen LogP contribution in [0.4, 0.5) is 10.5 Å². The molecule has 5 heteroatoms. The quantitative estimate of drug-likeness (QED) is 0.650. The second-order valence-electron chi connectivity index (χ2n) is 4.50. The summed E-state index contributed by atoms with van der Waals surface area (Å²) < 4.78 is 5.25. The van der Waals surface area contributed by atoms with Crippen molar-refractivity contribution in [2.45, 2.75) is 0 Å². The number of amides is 1. The average Bonchev–Trinajstić information content (AvgIpc) is 2.53. The molecule has 1 amide bonds. The second-order valence-corrected chi connectivity index (χ2v) is 4.50. The molecule has 0 atom stereocenters. The fourth-order valence-corrected chi connectivity index (χ4v) is 1.93. The first-order valence-corrected chi connectivity index (χ1v) is 6.53. The van der Waals surface area contributed by atoms with Gasteiger partial charge in [0, 0.05) is 16.8 Å². The molecule has 0 aliphatic rings. The number of methoxy groups -OCH3 is 1. The van der Waals surface area contributed by atoms with E-state index in [4.69, 9.17) is 9.84 Å². The molecule has 0 fully saturated rings. The van der Waals surface area contributed by atoms with Crippen LogP contribution in [-0.4, -0.2) is 24.6 Å². The normalized spacial score (nSPS) is 10.4. The Morgan fingerprint density at radius 3 is 2.36 bits per heavy atom. The summed E-state index contributed by atoms with van der Waals surface area (Å²) in [4.78, 5) is 21.3. The van der Waals surface area contributed by atoms with Gasteiger partial charge in [-0.15, -0.1) is 0 Å². The van der Waals surface area contributed by atoms with Gasteiger partial charge < -0.3 is 9.84 Å². The fourth-order valence-electron chi connectivity index (χ4n) is 1.93. The molecule has 0 saturated carbocycles. The van der Waals surface area contributed by atoms with Gasteiger partial charge in [0.2, 0.25) is 0 Å². The van der Waals surface area contributed by atoms with Gasteiger partial charge in [-0.1, -0.05) is 36.4 Å². The Morgan fingerprint density at radius 1 is 1.09 bits per heavy atom. The minimum atomic E-state index is -1.09. The van der Waals surface area contributed by atoms with Crippen LogP contribution in [0.25, 0.3) is 12.2 Å². The van der Waals surface area contributed by atoms with Gasteiger partial charge in [0.1, 0.15) is 12.0 Å². The summed E-state index contributed by atoms with van der Waals surface area (Å²) in [6.45, 7) is 0. The standard InChI is InChI=1S/C17H15NO4/c1-22-16-10-13(11-19)3-7-14(16)6-2-12-4-8-15(9-5-12)18-17(20)21/h2-11,18H,1H3,(H,20,21). The topological polar surface area (TPSA) is 75.6 Å². The Kier molecular flexibility index (Phi) is 4.93. The Hall–Kier alpha value is -3.08. The molecule has 0 bridgehead atoms. The van der Waals surface area contributed by atoms with Crippen molar-refractivity contribution >= 4 is 30.2 Å². The lowest BCUT2D eigenvalue weighted by molar-refractivity contribution is 0.112. The van der Waals surface area contributed by atoms with E-state index in [2.05, 4.69) is 5.32 Å². The number of ether oxygens (including phenoxy) is 1. The molecule has 22 heavy (non-hydrogen) atoms. The highest BCUT2D eigenvalue weighted by atomic mass is 16.5. The molecule has 0 heterocycles. The van der Waals surface area contributed by atoms with Gasteiger partial charge >= 0.3 is 6.09 Å². The molecule has 0 unspecified atom stereocenters. The highest BCUT2D eigenvalue weighted by Gasteiger charge is 2.01. The first-order valence-electron chi connectivity index (χ1n) is 6.53. The van der Waals surface area contributed by atoms with E-state index in [0.717, 1.165) is 17.4 Å². The molecule has 2 rings (SSSR count). The molecule has 0 aliphatic carbocycles. The summed E-state index contributed by atoms with van der Waals surface area (Å²) in [5, 5.41) is 10.9. The van der Waals surface area contributed by atoms with Gasteiger partial charge in [-0.25, -0.2) is 4.79 Å². The first kappa shape index (κ1) is 15.3. The Balaban J connectivity index is 2.17. The van der Waals surface area contributed by atoms with Crippen LogP contribution in [0, 0.1) is 0 Å². The summed E-state index contributed by atoms with van der Waals surface area (Å²) in [6.07, 6.45) is 3.42. The zero-order valence-electron chi connectivity index (χ0n) is 11.9. The lowest BCUT2D eigenvalue weighted by atomic mass is 10.1. The van der Waals surface area contributed by atoms with E-state index in [1.807, 2.05) is 12.2 Å². The van der Waals surface area contributed by atoms with Gasteiger partial charge in [0.25, 0.3) is 0 Å². The van der Waals surface area contributed by atoms with Crippen LogP contribution < -0.4 is 10.1 Å². The van der Waals surface area contributed by atoms with Crippen LogP contribution >= 0.6 is 0 Å². The number of hydrogen-bond acceptors (Lipinski definition) is 3. The van der Waals surface area contributed by atoms with Crippen LogP contribution in [0.1, 0.15) is 21.5 Å². The number of benzene rings is 2. The van der Waals surface area contributed by atoms with Crippen LogP contribution in [0.5, 0.6) is 5.75 Å². The molecule has 5 nitrogen and oxygen atoms in total. The molecule has 2 aromatic rings. The van der Waals surface area contributed by atoms with Gasteiger partial charge in [0.05, 0.1) is 7.11 Å². The summed E-state index contributed by atoms with van der Waals surface area (Å²) >= 11 is 0. The predicted molar refractivity (Wildman–Crippen MR) is 85.4 cm³/mol. The Labute approximate surface area is 127 Å². The summed E-state index contributed by atoms with van der Waals surface area (Å²) in [5.41, 5.74) is 2.83. The third-order valence-electron chi connectivity index (χ3n) is 3.01. The van der Waals surface area contributed by atoms with Crippen molar-refractivity contribution in [3.05, 3.63) is 59.2 Å². The number of rotatable bonds is 5. The SMILES string of the molecule is COc1cc(C=O)ccc1C=Cc1ccc(NC(=O)O)cc1. The maximum absolute atomic E-state index is 10.8. The molecule has 0 aliphatic heterocycles. The summed E-state index contributed by atoms with van der Waals surface area (Å²) in [7, 11) is 1.55. The minimum absolute atomic E-state index is 0.512. The molecule has 2 N–H and O–H groups in total. The third-order valence-corrected chi connectivity index (χ3v) is 3.01. The van der Waals surface area contributed by atoms with Gasteiger partial charge in [0.15, 0.2) is 0 Å². The number of anilines is 1. The maximum Gasteiger partial charge on any atom is 0.409 e. The van der Waals surface area contributed by atoms with Gasteiger partial charge in [-0.3, -0.25) is 10.1 Å². The van der Waals surface area contributed by atoms with E-state index in [9.17, 15) is 9.59 Å². The van der Waals surface area contributed by atoms with E-state index in [0.29, 0.717) is 17.0 Å². The monoisotopic (exact) mass is 297 g/mol. The van der Waals surface area contributed by atoms with Crippen LogP contribution in [0.2, 0.25) is 0 Å². The third kappa shape index (κ3) is 3.96. The highest BCUT2D eigenvalue weighted by Crippen LogP contribution is 2.22. The van der Waals surface area contributed by atoms with Crippen LogP contribution in [0.3, 0.4) is 0 Å². The van der Waals surface area contributed by atoms with Gasteiger partial charge in [-0.2, -0.15) is 0 Å². The number of carbonyl (C=O) groups excluding carboxylic acids is 1. The van der Waals surface area contributed by atoms with Crippen LogP contribution in [-0.2, 0) is 0 Å². The Bertz CT molecular complexity index is 705. The molecule has 112 valence electrons. The Morgan fingerprint density at radius 2 is 1.77 bits per heavy atom. The number of hydrogen-bond donors (Lipinski definition) is 2. The summed E-state index contributed by atoms with van der Waals surface area (Å²) in [6, 6.07) is 12.2. The number of nitrogens with one attached hydrogen (secondary N) is 1. The van der Waals surface area contributed by atoms with Crippen LogP contribution in [0.15, 0.2) is 42.5 Å². The van der Waals surface area contributed by atoms with Crippen molar-refractivity contribution in [2.75, 3.05) is 12.4 Å². The van der Waals surface area contributed by atoms with E-state index >= 15 is 0 Å². The van der Waals surface area contributed by atoms with E-state index in [1.54, 1.807) is 49.6 Å². The van der Waals surface area contributed by atoms with Crippen molar-refractivity contribution in [3.8, 4) is 5.75 Å². The van der Waals surface area contributed by atoms with E-state index in [-0.39, 0.29) is 0 Å². The zero-order valence-corrected chi connectivity index (χ0v) is 11.9. The fraction of sp³-hybridized carbons (Fsp3) is 0.0588. The van der Waals surface area contributed by atoms with Crippen molar-refractivity contribution < 1.29 is 19.4 Å². The molecule has 2 aromatic carbocycles. The molecule has 0 aromatic heterocycles. The largest absolute Gasteiger partial charge is 0.496 e. The predicted octanol–water partition coefficient (Wildman–Crippen LogP) is 3.77. The molecular formula is C17H15NO4. The average molecular weight is 297 g/mol.